The summed E-state index contributed by atoms with van der Waals surface area (Å²) in [6, 6.07) is 0.260. The highest BCUT2D eigenvalue weighted by Crippen LogP contribution is 2.37. The molecule has 1 aliphatic heterocycles. The molecule has 4 heteroatoms. The summed E-state index contributed by atoms with van der Waals surface area (Å²) in [5.74, 6) is -0.296. The van der Waals surface area contributed by atoms with Crippen LogP contribution in [0.4, 0.5) is 0 Å². The van der Waals surface area contributed by atoms with Crippen molar-refractivity contribution in [2.45, 2.75) is 58.0 Å². The lowest BCUT2D eigenvalue weighted by atomic mass is 9.91. The van der Waals surface area contributed by atoms with E-state index in [0.29, 0.717) is 24.3 Å². The fourth-order valence-electron chi connectivity index (χ4n) is 2.72. The number of carbonyl (C=O) groups excluding carboxylic acids is 2. The summed E-state index contributed by atoms with van der Waals surface area (Å²) < 4.78 is 0. The number of carbonyl (C=O) groups is 2. The van der Waals surface area contributed by atoms with Gasteiger partial charge in [-0.1, -0.05) is 13.8 Å². The molecule has 0 aromatic rings. The van der Waals surface area contributed by atoms with Crippen LogP contribution in [-0.2, 0) is 9.59 Å². The molecule has 4 nitrogen and oxygen atoms in total. The molecule has 1 saturated heterocycles. The van der Waals surface area contributed by atoms with Crippen LogP contribution in [-0.4, -0.2) is 23.9 Å². The first-order chi connectivity index (χ1) is 7.46. The van der Waals surface area contributed by atoms with Gasteiger partial charge in [-0.25, -0.2) is 0 Å². The molecule has 0 bridgehead atoms. The number of rotatable bonds is 2. The van der Waals surface area contributed by atoms with E-state index < -0.39 is 0 Å². The van der Waals surface area contributed by atoms with Crippen LogP contribution < -0.4 is 10.6 Å². The van der Waals surface area contributed by atoms with Crippen molar-refractivity contribution < 1.29 is 9.59 Å². The summed E-state index contributed by atoms with van der Waals surface area (Å²) in [5.41, 5.74) is 0.388. The SMILES string of the molecule is CC1(C)CCC(NC2CCC(=O)NC2=O)C1. The Morgan fingerprint density at radius 2 is 2.06 bits per heavy atom. The van der Waals surface area contributed by atoms with Crippen molar-refractivity contribution >= 4 is 11.8 Å². The highest BCUT2D eigenvalue weighted by Gasteiger charge is 2.34. The molecule has 2 aliphatic rings. The molecule has 2 atom stereocenters. The van der Waals surface area contributed by atoms with E-state index in [2.05, 4.69) is 24.5 Å². The first kappa shape index (κ1) is 11.6. The molecule has 0 aromatic carbocycles. The fraction of sp³-hybridized carbons (Fsp3) is 0.833. The number of nitrogens with one attached hydrogen (secondary N) is 2. The highest BCUT2D eigenvalue weighted by atomic mass is 16.2. The quantitative estimate of drug-likeness (QED) is 0.687. The first-order valence-electron chi connectivity index (χ1n) is 6.06. The number of piperidine rings is 1. The molecule has 0 aromatic heterocycles. The van der Waals surface area contributed by atoms with Gasteiger partial charge in [0, 0.05) is 12.5 Å². The van der Waals surface area contributed by atoms with Gasteiger partial charge in [-0.2, -0.15) is 0 Å². The van der Waals surface area contributed by atoms with E-state index in [0.717, 1.165) is 12.8 Å². The topological polar surface area (TPSA) is 58.2 Å². The molecule has 90 valence electrons. The molecule has 2 rings (SSSR count). The largest absolute Gasteiger partial charge is 0.303 e. The number of hydrogen-bond acceptors (Lipinski definition) is 3. The van der Waals surface area contributed by atoms with Crippen molar-refractivity contribution in [3.63, 3.8) is 0 Å². The highest BCUT2D eigenvalue weighted by molar-refractivity contribution is 6.00. The number of amides is 2. The van der Waals surface area contributed by atoms with Crippen LogP contribution in [0.2, 0.25) is 0 Å². The molecule has 0 spiro atoms. The molecular weight excluding hydrogens is 204 g/mol. The van der Waals surface area contributed by atoms with Crippen molar-refractivity contribution in [1.29, 1.82) is 0 Å². The molecule has 2 N–H and O–H groups in total. The molecule has 16 heavy (non-hydrogen) atoms. The number of imide groups is 1. The van der Waals surface area contributed by atoms with Crippen LogP contribution in [0.1, 0.15) is 46.0 Å². The summed E-state index contributed by atoms with van der Waals surface area (Å²) in [5, 5.41) is 5.76. The van der Waals surface area contributed by atoms with Gasteiger partial charge in [0.1, 0.15) is 0 Å². The zero-order valence-corrected chi connectivity index (χ0v) is 10.0. The van der Waals surface area contributed by atoms with Gasteiger partial charge in [0.25, 0.3) is 0 Å². The number of hydrogen-bond donors (Lipinski definition) is 2. The second-order valence-corrected chi connectivity index (χ2v) is 5.77. The Kier molecular flexibility index (Phi) is 3.02. The monoisotopic (exact) mass is 224 g/mol. The van der Waals surface area contributed by atoms with E-state index in [1.807, 2.05) is 0 Å². The molecule has 1 heterocycles. The summed E-state index contributed by atoms with van der Waals surface area (Å²) in [6.45, 7) is 4.53. The summed E-state index contributed by atoms with van der Waals surface area (Å²) in [6.07, 6.45) is 4.55. The van der Waals surface area contributed by atoms with Gasteiger partial charge in [-0.05, 0) is 31.1 Å². The lowest BCUT2D eigenvalue weighted by Crippen LogP contribution is -2.53. The van der Waals surface area contributed by atoms with Crippen LogP contribution in [0.3, 0.4) is 0 Å². The second-order valence-electron chi connectivity index (χ2n) is 5.77. The van der Waals surface area contributed by atoms with Crippen LogP contribution in [0.25, 0.3) is 0 Å². The van der Waals surface area contributed by atoms with E-state index in [4.69, 9.17) is 0 Å². The molecule has 2 unspecified atom stereocenters. The predicted molar refractivity (Wildman–Crippen MR) is 60.7 cm³/mol. The van der Waals surface area contributed by atoms with Gasteiger partial charge in [0.2, 0.25) is 11.8 Å². The second kappa shape index (κ2) is 4.17. The molecule has 1 saturated carbocycles. The Bertz CT molecular complexity index is 312. The van der Waals surface area contributed by atoms with Crippen molar-refractivity contribution in [3.8, 4) is 0 Å². The maximum absolute atomic E-state index is 11.6. The minimum absolute atomic E-state index is 0.144. The maximum Gasteiger partial charge on any atom is 0.243 e. The average Bonchev–Trinajstić information content (AvgIpc) is 2.51. The van der Waals surface area contributed by atoms with Crippen molar-refractivity contribution in [3.05, 3.63) is 0 Å². The van der Waals surface area contributed by atoms with Gasteiger partial charge in [0.15, 0.2) is 0 Å². The molecule has 2 amide bonds. The first-order valence-corrected chi connectivity index (χ1v) is 6.06. The zero-order chi connectivity index (χ0) is 11.8. The van der Waals surface area contributed by atoms with Gasteiger partial charge in [-0.15, -0.1) is 0 Å². The van der Waals surface area contributed by atoms with E-state index in [1.165, 1.54) is 6.42 Å². The van der Waals surface area contributed by atoms with E-state index in [9.17, 15) is 9.59 Å². The lowest BCUT2D eigenvalue weighted by molar-refractivity contribution is -0.134. The predicted octanol–water partition coefficient (Wildman–Crippen LogP) is 0.960. The Morgan fingerprint density at radius 1 is 1.31 bits per heavy atom. The standard InChI is InChI=1S/C12H20N2O2/c1-12(2)6-5-8(7-12)13-9-3-4-10(15)14-11(9)16/h8-9,13H,3-7H2,1-2H3,(H,14,15,16). The zero-order valence-electron chi connectivity index (χ0n) is 10.0. The third-order valence-corrected chi connectivity index (χ3v) is 3.64. The van der Waals surface area contributed by atoms with E-state index in [1.54, 1.807) is 0 Å². The Hall–Kier alpha value is -0.900. The Labute approximate surface area is 96.2 Å². The third-order valence-electron chi connectivity index (χ3n) is 3.64. The van der Waals surface area contributed by atoms with Gasteiger partial charge in [0.05, 0.1) is 6.04 Å². The van der Waals surface area contributed by atoms with E-state index >= 15 is 0 Å². The van der Waals surface area contributed by atoms with Gasteiger partial charge >= 0.3 is 0 Å². The van der Waals surface area contributed by atoms with Crippen LogP contribution >= 0.6 is 0 Å². The van der Waals surface area contributed by atoms with Crippen molar-refractivity contribution in [2.24, 2.45) is 5.41 Å². The van der Waals surface area contributed by atoms with Crippen molar-refractivity contribution in [1.82, 2.24) is 10.6 Å². The molecular formula is C12H20N2O2. The summed E-state index contributed by atoms with van der Waals surface area (Å²) in [7, 11) is 0. The van der Waals surface area contributed by atoms with Crippen LogP contribution in [0.15, 0.2) is 0 Å². The minimum Gasteiger partial charge on any atom is -0.303 e. The average molecular weight is 224 g/mol. The van der Waals surface area contributed by atoms with Crippen LogP contribution in [0, 0.1) is 5.41 Å². The van der Waals surface area contributed by atoms with Gasteiger partial charge < -0.3 is 5.32 Å². The lowest BCUT2D eigenvalue weighted by Gasteiger charge is -2.26. The smallest absolute Gasteiger partial charge is 0.243 e. The molecule has 0 radical (unpaired) electrons. The Morgan fingerprint density at radius 3 is 2.62 bits per heavy atom. The van der Waals surface area contributed by atoms with Gasteiger partial charge in [-0.3, -0.25) is 14.9 Å². The minimum atomic E-state index is -0.170. The Balaban J connectivity index is 1.86. The maximum atomic E-state index is 11.6. The molecule has 1 aliphatic carbocycles. The normalized spacial score (nSPS) is 33.9. The summed E-state index contributed by atoms with van der Waals surface area (Å²) >= 11 is 0. The summed E-state index contributed by atoms with van der Waals surface area (Å²) in [4.78, 5) is 22.6. The molecule has 2 fully saturated rings. The fourth-order valence-corrected chi connectivity index (χ4v) is 2.72. The third kappa shape index (κ3) is 2.61. The van der Waals surface area contributed by atoms with E-state index in [-0.39, 0.29) is 17.9 Å². The van der Waals surface area contributed by atoms with Crippen molar-refractivity contribution in [2.75, 3.05) is 0 Å². The van der Waals surface area contributed by atoms with Crippen LogP contribution in [0.5, 0.6) is 0 Å².